The van der Waals surface area contributed by atoms with Crippen LogP contribution in [0.4, 0.5) is 4.39 Å². The molecule has 2 rings (SSSR count). The summed E-state index contributed by atoms with van der Waals surface area (Å²) < 4.78 is 13.0. The molecular weight excluding hydrogens is 229 g/mol. The Bertz CT molecular complexity index is 539. The van der Waals surface area contributed by atoms with Crippen LogP contribution < -0.4 is 5.32 Å². The maximum atomic E-state index is 13.0. The molecule has 0 aliphatic rings. The summed E-state index contributed by atoms with van der Waals surface area (Å²) >= 11 is 0. The van der Waals surface area contributed by atoms with Gasteiger partial charge in [-0.1, -0.05) is 36.4 Å². The molecule has 2 aromatic carbocycles. The van der Waals surface area contributed by atoms with E-state index in [1.165, 1.54) is 18.2 Å². The first kappa shape index (κ1) is 12.3. The highest BCUT2D eigenvalue weighted by molar-refractivity contribution is 5.94. The number of hydrogen-bond donors (Lipinski definition) is 1. The van der Waals surface area contributed by atoms with Crippen molar-refractivity contribution in [2.45, 2.75) is 13.0 Å². The predicted octanol–water partition coefficient (Wildman–Crippen LogP) is 3.32. The van der Waals surface area contributed by atoms with Crippen LogP contribution in [-0.2, 0) is 0 Å². The molecule has 1 amide bonds. The Morgan fingerprint density at radius 3 is 2.50 bits per heavy atom. The highest BCUT2D eigenvalue weighted by atomic mass is 19.1. The first-order valence-corrected chi connectivity index (χ1v) is 5.78. The highest BCUT2D eigenvalue weighted by Gasteiger charge is 2.11. The Labute approximate surface area is 105 Å². The second-order valence-electron chi connectivity index (χ2n) is 4.12. The van der Waals surface area contributed by atoms with E-state index in [0.717, 1.165) is 5.56 Å². The highest BCUT2D eigenvalue weighted by Crippen LogP contribution is 2.12. The number of carbonyl (C=O) groups is 1. The van der Waals surface area contributed by atoms with Gasteiger partial charge in [-0.3, -0.25) is 4.79 Å². The zero-order valence-electron chi connectivity index (χ0n) is 10.1. The van der Waals surface area contributed by atoms with Gasteiger partial charge in [0.15, 0.2) is 0 Å². The van der Waals surface area contributed by atoms with Crippen LogP contribution >= 0.6 is 0 Å². The summed E-state index contributed by atoms with van der Waals surface area (Å²) in [6.07, 6.45) is 0. The van der Waals surface area contributed by atoms with E-state index in [4.69, 9.17) is 0 Å². The minimum absolute atomic E-state index is 0.109. The lowest BCUT2D eigenvalue weighted by Crippen LogP contribution is -2.26. The molecule has 0 aliphatic carbocycles. The van der Waals surface area contributed by atoms with Crippen molar-refractivity contribution in [2.75, 3.05) is 0 Å². The zero-order valence-corrected chi connectivity index (χ0v) is 10.1. The maximum Gasteiger partial charge on any atom is 0.251 e. The van der Waals surface area contributed by atoms with Crippen molar-refractivity contribution < 1.29 is 9.18 Å². The summed E-state index contributed by atoms with van der Waals surface area (Å²) in [5.41, 5.74) is 1.35. The van der Waals surface area contributed by atoms with Crippen molar-refractivity contribution in [1.82, 2.24) is 5.32 Å². The van der Waals surface area contributed by atoms with Crippen molar-refractivity contribution >= 4 is 5.91 Å². The van der Waals surface area contributed by atoms with E-state index in [1.54, 1.807) is 6.07 Å². The molecule has 2 aromatic rings. The normalized spacial score (nSPS) is 11.9. The van der Waals surface area contributed by atoms with Gasteiger partial charge in [0.05, 0.1) is 6.04 Å². The largest absolute Gasteiger partial charge is 0.346 e. The topological polar surface area (TPSA) is 29.1 Å². The van der Waals surface area contributed by atoms with E-state index in [-0.39, 0.29) is 11.9 Å². The van der Waals surface area contributed by atoms with Crippen molar-refractivity contribution in [3.05, 3.63) is 71.5 Å². The summed E-state index contributed by atoms with van der Waals surface area (Å²) in [6.45, 7) is 1.90. The lowest BCUT2D eigenvalue weighted by atomic mass is 10.1. The maximum absolute atomic E-state index is 13.0. The van der Waals surface area contributed by atoms with Crippen molar-refractivity contribution in [3.8, 4) is 0 Å². The molecule has 0 saturated heterocycles. The van der Waals surface area contributed by atoms with E-state index in [9.17, 15) is 9.18 Å². The SMILES string of the molecule is CC(NC(=O)c1cccc(F)c1)c1ccccc1. The molecule has 0 fully saturated rings. The third-order valence-electron chi connectivity index (χ3n) is 2.73. The molecule has 18 heavy (non-hydrogen) atoms. The first-order chi connectivity index (χ1) is 8.66. The van der Waals surface area contributed by atoms with E-state index in [1.807, 2.05) is 37.3 Å². The van der Waals surface area contributed by atoms with Crippen LogP contribution in [0.3, 0.4) is 0 Å². The molecule has 92 valence electrons. The third-order valence-corrected chi connectivity index (χ3v) is 2.73. The second-order valence-corrected chi connectivity index (χ2v) is 4.12. The number of nitrogens with one attached hydrogen (secondary N) is 1. The summed E-state index contributed by atoms with van der Waals surface area (Å²) in [4.78, 5) is 11.9. The van der Waals surface area contributed by atoms with Gasteiger partial charge in [0, 0.05) is 5.56 Å². The number of carbonyl (C=O) groups excluding carboxylic acids is 1. The van der Waals surface area contributed by atoms with Gasteiger partial charge < -0.3 is 5.32 Å². The smallest absolute Gasteiger partial charge is 0.251 e. The molecule has 1 N–H and O–H groups in total. The first-order valence-electron chi connectivity index (χ1n) is 5.78. The van der Waals surface area contributed by atoms with Gasteiger partial charge in [0.1, 0.15) is 5.82 Å². The Morgan fingerprint density at radius 1 is 1.11 bits per heavy atom. The quantitative estimate of drug-likeness (QED) is 0.880. The summed E-state index contributed by atoms with van der Waals surface area (Å²) in [6, 6.07) is 15.2. The minimum Gasteiger partial charge on any atom is -0.346 e. The van der Waals surface area contributed by atoms with E-state index >= 15 is 0 Å². The summed E-state index contributed by atoms with van der Waals surface area (Å²) in [5.74, 6) is -0.680. The number of amides is 1. The fraction of sp³-hybridized carbons (Fsp3) is 0.133. The number of hydrogen-bond acceptors (Lipinski definition) is 1. The molecule has 0 heterocycles. The van der Waals surface area contributed by atoms with E-state index in [0.29, 0.717) is 5.56 Å². The second kappa shape index (κ2) is 5.45. The van der Waals surface area contributed by atoms with Crippen molar-refractivity contribution in [3.63, 3.8) is 0 Å². The number of rotatable bonds is 3. The lowest BCUT2D eigenvalue weighted by Gasteiger charge is -2.14. The minimum atomic E-state index is -0.407. The van der Waals surface area contributed by atoms with E-state index in [2.05, 4.69) is 5.32 Å². The molecule has 2 nitrogen and oxygen atoms in total. The Morgan fingerprint density at radius 2 is 1.83 bits per heavy atom. The van der Waals surface area contributed by atoms with Crippen LogP contribution in [0.2, 0.25) is 0 Å². The van der Waals surface area contributed by atoms with Crippen molar-refractivity contribution in [1.29, 1.82) is 0 Å². The summed E-state index contributed by atoms with van der Waals surface area (Å²) in [5, 5.41) is 2.83. The summed E-state index contributed by atoms with van der Waals surface area (Å²) in [7, 11) is 0. The predicted molar refractivity (Wildman–Crippen MR) is 68.7 cm³/mol. The lowest BCUT2D eigenvalue weighted by molar-refractivity contribution is 0.0939. The molecule has 0 saturated carbocycles. The Hall–Kier alpha value is -2.16. The van der Waals surface area contributed by atoms with Gasteiger partial charge >= 0.3 is 0 Å². The molecular formula is C15H14FNO. The van der Waals surface area contributed by atoms with Gasteiger partial charge in [-0.2, -0.15) is 0 Å². The molecule has 0 aromatic heterocycles. The van der Waals surface area contributed by atoms with Crippen LogP contribution in [0.1, 0.15) is 28.9 Å². The molecule has 0 radical (unpaired) electrons. The van der Waals surface area contributed by atoms with Gasteiger partial charge in [0.2, 0.25) is 0 Å². The molecule has 3 heteroatoms. The zero-order chi connectivity index (χ0) is 13.0. The Kier molecular flexibility index (Phi) is 3.72. The van der Waals surface area contributed by atoms with Gasteiger partial charge in [0.25, 0.3) is 5.91 Å². The molecule has 1 atom stereocenters. The number of benzene rings is 2. The standard InChI is InChI=1S/C15H14FNO/c1-11(12-6-3-2-4-7-12)17-15(18)13-8-5-9-14(16)10-13/h2-11H,1H3,(H,17,18). The molecule has 0 aliphatic heterocycles. The molecule has 0 bridgehead atoms. The molecule has 0 spiro atoms. The van der Waals surface area contributed by atoms with Crippen LogP contribution in [0.25, 0.3) is 0 Å². The number of halogens is 1. The van der Waals surface area contributed by atoms with Gasteiger partial charge in [-0.15, -0.1) is 0 Å². The average Bonchev–Trinajstić information content (AvgIpc) is 2.39. The van der Waals surface area contributed by atoms with Crippen LogP contribution in [0, 0.1) is 5.82 Å². The van der Waals surface area contributed by atoms with Crippen LogP contribution in [0.15, 0.2) is 54.6 Å². The van der Waals surface area contributed by atoms with E-state index < -0.39 is 5.82 Å². The Balaban J connectivity index is 2.08. The average molecular weight is 243 g/mol. The monoisotopic (exact) mass is 243 g/mol. The molecule has 1 unspecified atom stereocenters. The van der Waals surface area contributed by atoms with Crippen molar-refractivity contribution in [2.24, 2.45) is 0 Å². The third kappa shape index (κ3) is 2.94. The fourth-order valence-electron chi connectivity index (χ4n) is 1.73. The van der Waals surface area contributed by atoms with Crippen LogP contribution in [-0.4, -0.2) is 5.91 Å². The van der Waals surface area contributed by atoms with Crippen LogP contribution in [0.5, 0.6) is 0 Å². The van der Waals surface area contributed by atoms with Gasteiger partial charge in [-0.25, -0.2) is 4.39 Å². The fourth-order valence-corrected chi connectivity index (χ4v) is 1.73. The van der Waals surface area contributed by atoms with Gasteiger partial charge in [-0.05, 0) is 30.7 Å².